The molecule has 0 aliphatic rings. The van der Waals surface area contributed by atoms with Crippen LogP contribution in [0.5, 0.6) is 0 Å². The van der Waals surface area contributed by atoms with Crippen LogP contribution in [0, 0.1) is 6.92 Å². The van der Waals surface area contributed by atoms with Gasteiger partial charge in [0.25, 0.3) is 0 Å². The molecule has 0 heterocycles. The predicted molar refractivity (Wildman–Crippen MR) is 69.9 cm³/mol. The van der Waals surface area contributed by atoms with Crippen molar-refractivity contribution in [3.05, 3.63) is 29.8 Å². The number of rotatable bonds is 4. The average molecular weight is 243 g/mol. The quantitative estimate of drug-likeness (QED) is 0.852. The number of nitrogens with one attached hydrogen (secondary N) is 1. The summed E-state index contributed by atoms with van der Waals surface area (Å²) in [4.78, 5) is 11.6. The van der Waals surface area contributed by atoms with Crippen molar-refractivity contribution in [3.8, 4) is 0 Å². The van der Waals surface area contributed by atoms with E-state index in [4.69, 9.17) is 5.73 Å². The number of halogens is 1. The van der Waals surface area contributed by atoms with E-state index in [2.05, 4.69) is 5.32 Å². The van der Waals surface area contributed by atoms with Gasteiger partial charge in [-0.05, 0) is 25.5 Å². The zero-order valence-electron chi connectivity index (χ0n) is 9.69. The fraction of sp³-hybridized carbons (Fsp3) is 0.417. The van der Waals surface area contributed by atoms with Crippen molar-refractivity contribution in [3.63, 3.8) is 0 Å². The highest BCUT2D eigenvalue weighted by atomic mass is 35.5. The van der Waals surface area contributed by atoms with Gasteiger partial charge in [-0.3, -0.25) is 4.79 Å². The number of benzene rings is 1. The molecule has 4 heteroatoms. The summed E-state index contributed by atoms with van der Waals surface area (Å²) >= 11 is 0. The van der Waals surface area contributed by atoms with Crippen molar-refractivity contribution in [2.75, 3.05) is 5.32 Å². The van der Waals surface area contributed by atoms with Crippen LogP contribution in [0.15, 0.2) is 24.3 Å². The minimum Gasteiger partial charge on any atom is -0.325 e. The standard InChI is InChI=1S/C12H18N2O.ClH/c1-3-4-11(13)12(15)14-10-7-5-9(2)6-8-10;/h5-8,11H,3-4,13H2,1-2H3,(H,14,15);1H. The van der Waals surface area contributed by atoms with E-state index < -0.39 is 6.04 Å². The maximum Gasteiger partial charge on any atom is 0.241 e. The second kappa shape index (κ2) is 7.25. The van der Waals surface area contributed by atoms with Gasteiger partial charge in [-0.1, -0.05) is 31.0 Å². The summed E-state index contributed by atoms with van der Waals surface area (Å²) in [5, 5.41) is 2.79. The zero-order chi connectivity index (χ0) is 11.3. The molecular formula is C12H19ClN2O. The lowest BCUT2D eigenvalue weighted by molar-refractivity contribution is -0.117. The van der Waals surface area contributed by atoms with E-state index in [9.17, 15) is 4.79 Å². The van der Waals surface area contributed by atoms with Crippen molar-refractivity contribution in [2.45, 2.75) is 32.7 Å². The Morgan fingerprint density at radius 3 is 2.44 bits per heavy atom. The molecule has 1 aromatic rings. The highest BCUT2D eigenvalue weighted by Gasteiger charge is 2.11. The summed E-state index contributed by atoms with van der Waals surface area (Å²) in [6.07, 6.45) is 1.64. The van der Waals surface area contributed by atoms with Crippen LogP contribution in [-0.4, -0.2) is 11.9 Å². The van der Waals surface area contributed by atoms with Gasteiger partial charge in [0.1, 0.15) is 0 Å². The smallest absolute Gasteiger partial charge is 0.241 e. The Morgan fingerprint density at radius 1 is 1.38 bits per heavy atom. The number of amides is 1. The number of carbonyl (C=O) groups is 1. The molecule has 16 heavy (non-hydrogen) atoms. The molecule has 0 fully saturated rings. The molecule has 1 unspecified atom stereocenters. The topological polar surface area (TPSA) is 55.1 Å². The lowest BCUT2D eigenvalue weighted by Gasteiger charge is -2.11. The molecular weight excluding hydrogens is 224 g/mol. The third-order valence-electron chi connectivity index (χ3n) is 2.26. The van der Waals surface area contributed by atoms with Crippen LogP contribution in [0.4, 0.5) is 5.69 Å². The van der Waals surface area contributed by atoms with Crippen LogP contribution in [0.1, 0.15) is 25.3 Å². The zero-order valence-corrected chi connectivity index (χ0v) is 10.5. The molecule has 0 spiro atoms. The van der Waals surface area contributed by atoms with E-state index >= 15 is 0 Å². The SMILES string of the molecule is CCCC(N)C(=O)Nc1ccc(C)cc1.Cl. The molecule has 1 aromatic carbocycles. The summed E-state index contributed by atoms with van der Waals surface area (Å²) in [6, 6.07) is 7.27. The van der Waals surface area contributed by atoms with Crippen molar-refractivity contribution in [2.24, 2.45) is 5.73 Å². The molecule has 3 nitrogen and oxygen atoms in total. The first-order valence-corrected chi connectivity index (χ1v) is 5.26. The molecule has 0 saturated carbocycles. The minimum atomic E-state index is -0.406. The summed E-state index contributed by atoms with van der Waals surface area (Å²) in [5.41, 5.74) is 7.67. The van der Waals surface area contributed by atoms with E-state index in [0.29, 0.717) is 0 Å². The second-order valence-corrected chi connectivity index (χ2v) is 3.75. The number of carbonyl (C=O) groups excluding carboxylic acids is 1. The molecule has 90 valence electrons. The van der Waals surface area contributed by atoms with E-state index in [1.54, 1.807) is 0 Å². The van der Waals surface area contributed by atoms with Gasteiger partial charge in [0, 0.05) is 5.69 Å². The lowest BCUT2D eigenvalue weighted by atomic mass is 10.1. The van der Waals surface area contributed by atoms with Crippen molar-refractivity contribution in [1.29, 1.82) is 0 Å². The first-order chi connectivity index (χ1) is 7.13. The molecule has 0 aliphatic carbocycles. The maximum absolute atomic E-state index is 11.6. The number of hydrogen-bond donors (Lipinski definition) is 2. The number of anilines is 1. The van der Waals surface area contributed by atoms with Gasteiger partial charge in [0.05, 0.1) is 6.04 Å². The molecule has 0 saturated heterocycles. The molecule has 0 aliphatic heterocycles. The molecule has 0 radical (unpaired) electrons. The van der Waals surface area contributed by atoms with Crippen LogP contribution < -0.4 is 11.1 Å². The lowest BCUT2D eigenvalue weighted by Crippen LogP contribution is -2.35. The number of hydrogen-bond acceptors (Lipinski definition) is 2. The molecule has 1 amide bonds. The van der Waals surface area contributed by atoms with Gasteiger partial charge in [-0.15, -0.1) is 12.4 Å². The average Bonchev–Trinajstić information content (AvgIpc) is 2.22. The van der Waals surface area contributed by atoms with Crippen LogP contribution in [-0.2, 0) is 4.79 Å². The minimum absolute atomic E-state index is 0. The van der Waals surface area contributed by atoms with Crippen molar-refractivity contribution >= 4 is 24.0 Å². The molecule has 3 N–H and O–H groups in total. The summed E-state index contributed by atoms with van der Waals surface area (Å²) < 4.78 is 0. The summed E-state index contributed by atoms with van der Waals surface area (Å²) in [5.74, 6) is -0.110. The Morgan fingerprint density at radius 2 is 1.94 bits per heavy atom. The van der Waals surface area contributed by atoms with E-state index in [1.807, 2.05) is 38.1 Å². The third kappa shape index (κ3) is 4.64. The first kappa shape index (κ1) is 14.9. The monoisotopic (exact) mass is 242 g/mol. The highest BCUT2D eigenvalue weighted by molar-refractivity contribution is 5.94. The number of nitrogens with two attached hydrogens (primary N) is 1. The molecule has 1 atom stereocenters. The van der Waals surface area contributed by atoms with Crippen molar-refractivity contribution in [1.82, 2.24) is 0 Å². The van der Waals surface area contributed by atoms with Crippen LogP contribution >= 0.6 is 12.4 Å². The largest absolute Gasteiger partial charge is 0.325 e. The van der Waals surface area contributed by atoms with Gasteiger partial charge >= 0.3 is 0 Å². The summed E-state index contributed by atoms with van der Waals surface area (Å²) in [7, 11) is 0. The Bertz CT molecular complexity index is 324. The fourth-order valence-corrected chi connectivity index (χ4v) is 1.31. The first-order valence-electron chi connectivity index (χ1n) is 5.26. The van der Waals surface area contributed by atoms with Crippen molar-refractivity contribution < 1.29 is 4.79 Å². The Balaban J connectivity index is 0.00000225. The van der Waals surface area contributed by atoms with Gasteiger partial charge in [-0.2, -0.15) is 0 Å². The van der Waals surface area contributed by atoms with E-state index in [1.165, 1.54) is 5.56 Å². The Kier molecular flexibility index (Phi) is 6.77. The fourth-order valence-electron chi connectivity index (χ4n) is 1.31. The number of aryl methyl sites for hydroxylation is 1. The van der Waals surface area contributed by atoms with E-state index in [0.717, 1.165) is 18.5 Å². The van der Waals surface area contributed by atoms with E-state index in [-0.39, 0.29) is 18.3 Å². The molecule has 0 aromatic heterocycles. The van der Waals surface area contributed by atoms with Crippen LogP contribution in [0.3, 0.4) is 0 Å². The van der Waals surface area contributed by atoms with Gasteiger partial charge in [0.2, 0.25) is 5.91 Å². The van der Waals surface area contributed by atoms with Crippen LogP contribution in [0.25, 0.3) is 0 Å². The second-order valence-electron chi connectivity index (χ2n) is 3.75. The predicted octanol–water partition coefficient (Wildman–Crippen LogP) is 2.48. The Labute approximate surface area is 103 Å². The van der Waals surface area contributed by atoms with Crippen LogP contribution in [0.2, 0.25) is 0 Å². The summed E-state index contributed by atoms with van der Waals surface area (Å²) in [6.45, 7) is 4.02. The van der Waals surface area contributed by atoms with Gasteiger partial charge in [0.15, 0.2) is 0 Å². The third-order valence-corrected chi connectivity index (χ3v) is 2.26. The molecule has 1 rings (SSSR count). The normalized spacial score (nSPS) is 11.4. The van der Waals surface area contributed by atoms with Gasteiger partial charge in [-0.25, -0.2) is 0 Å². The Hall–Kier alpha value is -1.06. The maximum atomic E-state index is 11.6. The van der Waals surface area contributed by atoms with Gasteiger partial charge < -0.3 is 11.1 Å². The highest BCUT2D eigenvalue weighted by Crippen LogP contribution is 2.09. The molecule has 0 bridgehead atoms.